The largest absolute Gasteiger partial charge is 0.444 e. The van der Waals surface area contributed by atoms with Crippen LogP contribution in [0.25, 0.3) is 0 Å². The topological polar surface area (TPSA) is 49.5 Å². The predicted octanol–water partition coefficient (Wildman–Crippen LogP) is 2.16. The number of nitrogens with zero attached hydrogens (tertiary/aromatic N) is 1. The fourth-order valence-electron chi connectivity index (χ4n) is 2.03. The maximum atomic E-state index is 11.8. The lowest BCUT2D eigenvalue weighted by Crippen LogP contribution is -2.29. The van der Waals surface area contributed by atoms with Gasteiger partial charge in [-0.1, -0.05) is 13.3 Å². The quantitative estimate of drug-likeness (QED) is 0.754. The molecule has 0 aromatic carbocycles. The van der Waals surface area contributed by atoms with E-state index in [2.05, 4.69) is 6.92 Å². The fourth-order valence-corrected chi connectivity index (χ4v) is 2.03. The van der Waals surface area contributed by atoms with Gasteiger partial charge in [0.25, 0.3) is 0 Å². The minimum Gasteiger partial charge on any atom is -0.444 e. The van der Waals surface area contributed by atoms with Crippen LogP contribution in [0.5, 0.6) is 0 Å². The van der Waals surface area contributed by atoms with Gasteiger partial charge < -0.3 is 9.84 Å². The third-order valence-electron chi connectivity index (χ3n) is 2.67. The number of rotatable bonds is 3. The van der Waals surface area contributed by atoms with Crippen molar-refractivity contribution < 1.29 is 14.6 Å². The minimum absolute atomic E-state index is 0.0604. The average molecular weight is 229 g/mol. The molecule has 4 nitrogen and oxygen atoms in total. The number of hydrogen-bond donors (Lipinski definition) is 1. The van der Waals surface area contributed by atoms with E-state index in [1.807, 2.05) is 20.8 Å². The lowest BCUT2D eigenvalue weighted by molar-refractivity contribution is 0.0361. The summed E-state index contributed by atoms with van der Waals surface area (Å²) in [5.74, 6) is 0. The molecule has 94 valence electrons. The van der Waals surface area contributed by atoms with Crippen LogP contribution in [-0.2, 0) is 4.74 Å². The Labute approximate surface area is 97.6 Å². The first-order valence-corrected chi connectivity index (χ1v) is 5.97. The van der Waals surface area contributed by atoms with E-state index in [4.69, 9.17) is 4.74 Å². The van der Waals surface area contributed by atoms with Gasteiger partial charge in [-0.25, -0.2) is 4.79 Å². The van der Waals surface area contributed by atoms with Gasteiger partial charge in [0.2, 0.25) is 0 Å². The normalized spacial score (nSPS) is 26.5. The predicted molar refractivity (Wildman–Crippen MR) is 62.2 cm³/mol. The molecule has 1 aliphatic rings. The van der Waals surface area contributed by atoms with E-state index in [-0.39, 0.29) is 18.2 Å². The van der Waals surface area contributed by atoms with Crippen LogP contribution >= 0.6 is 0 Å². The fraction of sp³-hybridized carbons (Fsp3) is 0.917. The van der Waals surface area contributed by atoms with Crippen molar-refractivity contribution in [2.75, 3.05) is 0 Å². The lowest BCUT2D eigenvalue weighted by Gasteiger charge is -2.20. The van der Waals surface area contributed by atoms with Crippen LogP contribution < -0.4 is 0 Å². The lowest BCUT2D eigenvalue weighted by atomic mass is 10.1. The van der Waals surface area contributed by atoms with Gasteiger partial charge in [0.15, 0.2) is 0 Å². The molecule has 1 aliphatic heterocycles. The molecule has 4 heteroatoms. The summed E-state index contributed by atoms with van der Waals surface area (Å²) in [7, 11) is 0. The van der Waals surface area contributed by atoms with Gasteiger partial charge in [-0.15, -0.1) is 0 Å². The van der Waals surface area contributed by atoms with E-state index in [1.165, 1.54) is 0 Å². The van der Waals surface area contributed by atoms with Crippen LogP contribution in [0.1, 0.15) is 47.5 Å². The van der Waals surface area contributed by atoms with E-state index in [0.29, 0.717) is 0 Å². The molecule has 1 amide bonds. The van der Waals surface area contributed by atoms with Crippen LogP contribution in [0, 0.1) is 0 Å². The molecule has 0 unspecified atom stereocenters. The first-order valence-electron chi connectivity index (χ1n) is 5.97. The summed E-state index contributed by atoms with van der Waals surface area (Å²) >= 11 is 0. The van der Waals surface area contributed by atoms with Crippen molar-refractivity contribution >= 4 is 6.09 Å². The standard InChI is InChI=1S/C12H23NO3/c1-6-7-9-10(8(2)14)13(9)11(15)16-12(3,4)5/h8-10,14H,6-7H2,1-5H3/t8-,9+,10+,13?/m0/s1. The number of aliphatic hydroxyl groups excluding tert-OH is 1. The Kier molecular flexibility index (Phi) is 3.84. The van der Waals surface area contributed by atoms with Gasteiger partial charge in [-0.2, -0.15) is 0 Å². The van der Waals surface area contributed by atoms with E-state index < -0.39 is 11.7 Å². The zero-order valence-corrected chi connectivity index (χ0v) is 10.9. The third-order valence-corrected chi connectivity index (χ3v) is 2.67. The second-order valence-corrected chi connectivity index (χ2v) is 5.47. The number of hydrogen-bond acceptors (Lipinski definition) is 3. The van der Waals surface area contributed by atoms with Gasteiger partial charge in [0.05, 0.1) is 18.2 Å². The molecular weight excluding hydrogens is 206 g/mol. The highest BCUT2D eigenvalue weighted by Gasteiger charge is 2.54. The van der Waals surface area contributed by atoms with Crippen LogP contribution in [0.15, 0.2) is 0 Å². The Bertz CT molecular complexity index is 257. The SMILES string of the molecule is CCC[C@@H]1[C@@H]([C@H](C)O)N1C(=O)OC(C)(C)C. The zero-order chi connectivity index (χ0) is 12.5. The van der Waals surface area contributed by atoms with Crippen molar-refractivity contribution in [2.45, 2.75) is 71.2 Å². The molecule has 1 fully saturated rings. The van der Waals surface area contributed by atoms with Crippen LogP contribution in [0.3, 0.4) is 0 Å². The number of carbonyl (C=O) groups is 1. The summed E-state index contributed by atoms with van der Waals surface area (Å²) < 4.78 is 5.29. The second kappa shape index (κ2) is 4.62. The van der Waals surface area contributed by atoms with Crippen LogP contribution in [0.2, 0.25) is 0 Å². The molecule has 0 aromatic heterocycles. The van der Waals surface area contributed by atoms with Crippen LogP contribution in [-0.4, -0.2) is 39.9 Å². The highest BCUT2D eigenvalue weighted by Crippen LogP contribution is 2.36. The summed E-state index contributed by atoms with van der Waals surface area (Å²) in [5.41, 5.74) is -0.473. The molecule has 0 spiro atoms. The molecule has 1 N–H and O–H groups in total. The number of carbonyl (C=O) groups excluding carboxylic acids is 1. The maximum Gasteiger partial charge on any atom is 0.411 e. The van der Waals surface area contributed by atoms with Gasteiger partial charge >= 0.3 is 6.09 Å². The van der Waals surface area contributed by atoms with Crippen molar-refractivity contribution in [3.63, 3.8) is 0 Å². The molecular formula is C12H23NO3. The van der Waals surface area contributed by atoms with Crippen molar-refractivity contribution in [2.24, 2.45) is 0 Å². The molecule has 3 atom stereocenters. The molecule has 0 bridgehead atoms. The average Bonchev–Trinajstić information content (AvgIpc) is 2.76. The van der Waals surface area contributed by atoms with Crippen molar-refractivity contribution in [3.05, 3.63) is 0 Å². The highest BCUT2D eigenvalue weighted by molar-refractivity contribution is 5.72. The van der Waals surface area contributed by atoms with Crippen LogP contribution in [0.4, 0.5) is 4.79 Å². The molecule has 0 saturated carbocycles. The maximum absolute atomic E-state index is 11.8. The summed E-state index contributed by atoms with van der Waals surface area (Å²) in [5, 5.41) is 9.56. The Morgan fingerprint density at radius 3 is 2.44 bits per heavy atom. The molecule has 16 heavy (non-hydrogen) atoms. The molecule has 1 heterocycles. The van der Waals surface area contributed by atoms with Crippen molar-refractivity contribution in [1.82, 2.24) is 4.90 Å². The monoisotopic (exact) mass is 229 g/mol. The van der Waals surface area contributed by atoms with Gasteiger partial charge in [0, 0.05) is 0 Å². The molecule has 0 radical (unpaired) electrons. The summed E-state index contributed by atoms with van der Waals surface area (Å²) in [6.07, 6.45) is 1.14. The second-order valence-electron chi connectivity index (χ2n) is 5.47. The van der Waals surface area contributed by atoms with E-state index in [0.717, 1.165) is 12.8 Å². The molecule has 1 saturated heterocycles. The molecule has 0 aromatic rings. The Morgan fingerprint density at radius 1 is 1.50 bits per heavy atom. The van der Waals surface area contributed by atoms with Crippen molar-refractivity contribution in [3.8, 4) is 0 Å². The van der Waals surface area contributed by atoms with Crippen molar-refractivity contribution in [1.29, 1.82) is 0 Å². The van der Waals surface area contributed by atoms with E-state index in [9.17, 15) is 9.90 Å². The Balaban J connectivity index is 2.56. The van der Waals surface area contributed by atoms with E-state index >= 15 is 0 Å². The van der Waals surface area contributed by atoms with E-state index in [1.54, 1.807) is 11.8 Å². The number of ether oxygens (including phenoxy) is 1. The smallest absolute Gasteiger partial charge is 0.411 e. The van der Waals surface area contributed by atoms with Gasteiger partial charge in [0.1, 0.15) is 5.60 Å². The summed E-state index contributed by atoms with van der Waals surface area (Å²) in [4.78, 5) is 13.5. The molecule has 0 aliphatic carbocycles. The number of amides is 1. The summed E-state index contributed by atoms with van der Waals surface area (Å²) in [6, 6.07) is 0.0923. The minimum atomic E-state index is -0.482. The Hall–Kier alpha value is -0.770. The van der Waals surface area contributed by atoms with Gasteiger partial charge in [-0.05, 0) is 34.1 Å². The third kappa shape index (κ3) is 3.11. The Morgan fingerprint density at radius 2 is 2.06 bits per heavy atom. The number of aliphatic hydroxyl groups is 1. The molecule has 1 rings (SSSR count). The van der Waals surface area contributed by atoms with Gasteiger partial charge in [-0.3, -0.25) is 4.90 Å². The first kappa shape index (κ1) is 13.3. The first-order chi connectivity index (χ1) is 7.28. The highest BCUT2D eigenvalue weighted by atomic mass is 16.6. The summed E-state index contributed by atoms with van der Waals surface area (Å²) in [6.45, 7) is 9.34. The zero-order valence-electron chi connectivity index (χ0n) is 10.9.